The number of halogens is 2. The van der Waals surface area contributed by atoms with Crippen LogP contribution in [-0.4, -0.2) is 55.3 Å². The molecule has 2 aromatic rings. The summed E-state index contributed by atoms with van der Waals surface area (Å²) in [7, 11) is 2.67. The Morgan fingerprint density at radius 1 is 1.18 bits per heavy atom. The molecule has 3 amide bonds. The third-order valence-corrected chi connectivity index (χ3v) is 6.12. The predicted molar refractivity (Wildman–Crippen MR) is 131 cm³/mol. The largest absolute Gasteiger partial charge is 0.493 e. The molecule has 1 aliphatic rings. The van der Waals surface area contributed by atoms with Crippen molar-refractivity contribution in [3.8, 4) is 11.5 Å². The average molecular weight is 600 g/mol. The Hall–Kier alpha value is -3.13. The van der Waals surface area contributed by atoms with E-state index < -0.39 is 35.4 Å². The van der Waals surface area contributed by atoms with Crippen LogP contribution < -0.4 is 14.8 Å². The first-order chi connectivity index (χ1) is 16.2. The second-order valence-corrected chi connectivity index (χ2v) is 8.88. The highest BCUT2D eigenvalue weighted by Gasteiger charge is 2.36. The Morgan fingerprint density at radius 2 is 1.88 bits per heavy atom. The van der Waals surface area contributed by atoms with E-state index in [9.17, 15) is 23.6 Å². The highest BCUT2D eigenvalue weighted by Crippen LogP contribution is 2.37. The van der Waals surface area contributed by atoms with Crippen LogP contribution in [0.1, 0.15) is 5.56 Å². The summed E-state index contributed by atoms with van der Waals surface area (Å²) in [6, 6.07) is 8.37. The summed E-state index contributed by atoms with van der Waals surface area (Å²) in [4.78, 5) is 49.7. The molecule has 0 atom stereocenters. The maximum Gasteiger partial charge on any atom is 0.343 e. The number of ether oxygens (including phenoxy) is 3. The molecule has 0 aromatic heterocycles. The summed E-state index contributed by atoms with van der Waals surface area (Å²) < 4.78 is 29.0. The molecule has 2 aromatic carbocycles. The Bertz CT molecular complexity index is 1170. The number of anilines is 1. The van der Waals surface area contributed by atoms with E-state index in [0.717, 1.165) is 4.90 Å². The molecule has 0 saturated carbocycles. The van der Waals surface area contributed by atoms with Gasteiger partial charge in [0.15, 0.2) is 18.1 Å². The zero-order chi connectivity index (χ0) is 24.8. The first-order valence-corrected chi connectivity index (χ1v) is 11.5. The van der Waals surface area contributed by atoms with Gasteiger partial charge in [0.05, 0.1) is 22.7 Å². The number of rotatable bonds is 8. The van der Waals surface area contributed by atoms with Gasteiger partial charge in [-0.2, -0.15) is 0 Å². The first kappa shape index (κ1) is 25.5. The Labute approximate surface area is 211 Å². The quantitative estimate of drug-likeness (QED) is 0.278. The van der Waals surface area contributed by atoms with Gasteiger partial charge in [0.25, 0.3) is 11.1 Å². The molecule has 12 heteroatoms. The molecule has 0 bridgehead atoms. The minimum atomic E-state index is -0.621. The SMILES string of the molecule is COC(=O)COc1c(I)cc(/C=C2\SC(=O)N(CC(=O)Nc3ccc(F)cc3)C2=O)cc1OC. The van der Waals surface area contributed by atoms with E-state index in [1.54, 1.807) is 12.1 Å². The smallest absolute Gasteiger partial charge is 0.343 e. The lowest BCUT2D eigenvalue weighted by Crippen LogP contribution is -2.36. The van der Waals surface area contributed by atoms with Crippen LogP contribution in [0.3, 0.4) is 0 Å². The van der Waals surface area contributed by atoms with Crippen LogP contribution in [0.5, 0.6) is 11.5 Å². The lowest BCUT2D eigenvalue weighted by atomic mass is 10.2. The van der Waals surface area contributed by atoms with E-state index in [1.807, 2.05) is 22.6 Å². The molecule has 0 aliphatic carbocycles. The molecule has 1 N–H and O–H groups in total. The summed E-state index contributed by atoms with van der Waals surface area (Å²) in [5.74, 6) is -1.58. The maximum atomic E-state index is 13.0. The van der Waals surface area contributed by atoms with Crippen molar-refractivity contribution < 1.29 is 37.8 Å². The summed E-state index contributed by atoms with van der Waals surface area (Å²) >= 11 is 2.69. The summed E-state index contributed by atoms with van der Waals surface area (Å²) in [5, 5.41) is 1.92. The van der Waals surface area contributed by atoms with Crippen LogP contribution in [0.2, 0.25) is 0 Å². The molecule has 1 heterocycles. The Morgan fingerprint density at radius 3 is 2.53 bits per heavy atom. The van der Waals surface area contributed by atoms with E-state index in [0.29, 0.717) is 38.1 Å². The standard InChI is InChI=1S/C22H18FIN2O7S/c1-31-16-8-12(7-15(24)20(16)33-11-19(28)32-2)9-17-21(29)26(22(30)34-17)10-18(27)25-14-5-3-13(23)4-6-14/h3-9H,10-11H2,1-2H3,(H,25,27)/b17-9-. The first-order valence-electron chi connectivity index (χ1n) is 9.59. The zero-order valence-electron chi connectivity index (χ0n) is 17.9. The van der Waals surface area contributed by atoms with Crippen LogP contribution in [0.4, 0.5) is 14.9 Å². The van der Waals surface area contributed by atoms with E-state index >= 15 is 0 Å². The minimum absolute atomic E-state index is 0.126. The van der Waals surface area contributed by atoms with Crippen molar-refractivity contribution in [3.05, 3.63) is 56.3 Å². The highest BCUT2D eigenvalue weighted by molar-refractivity contribution is 14.1. The van der Waals surface area contributed by atoms with Crippen molar-refractivity contribution in [2.75, 3.05) is 32.7 Å². The molecule has 1 fully saturated rings. The number of benzene rings is 2. The normalized spacial score (nSPS) is 14.4. The molecule has 34 heavy (non-hydrogen) atoms. The highest BCUT2D eigenvalue weighted by atomic mass is 127. The van der Waals surface area contributed by atoms with Crippen molar-refractivity contribution in [1.82, 2.24) is 4.90 Å². The van der Waals surface area contributed by atoms with Crippen LogP contribution in [0.25, 0.3) is 6.08 Å². The number of esters is 1. The van der Waals surface area contributed by atoms with Gasteiger partial charge in [0, 0.05) is 5.69 Å². The third-order valence-electron chi connectivity index (χ3n) is 4.41. The van der Waals surface area contributed by atoms with Crippen molar-refractivity contribution in [2.24, 2.45) is 0 Å². The Kier molecular flexibility index (Phi) is 8.50. The van der Waals surface area contributed by atoms with Gasteiger partial charge >= 0.3 is 5.97 Å². The molecule has 178 valence electrons. The third kappa shape index (κ3) is 6.26. The average Bonchev–Trinajstić information content (AvgIpc) is 3.06. The van der Waals surface area contributed by atoms with Crippen molar-refractivity contribution >= 4 is 69.1 Å². The fourth-order valence-corrected chi connectivity index (χ4v) is 4.44. The molecular weight excluding hydrogens is 582 g/mol. The number of amides is 3. The van der Waals surface area contributed by atoms with Gasteiger partial charge in [-0.25, -0.2) is 9.18 Å². The second kappa shape index (κ2) is 11.3. The van der Waals surface area contributed by atoms with E-state index in [2.05, 4.69) is 10.1 Å². The van der Waals surface area contributed by atoms with Crippen molar-refractivity contribution in [2.45, 2.75) is 0 Å². The van der Waals surface area contributed by atoms with Crippen molar-refractivity contribution in [1.29, 1.82) is 0 Å². The minimum Gasteiger partial charge on any atom is -0.493 e. The van der Waals surface area contributed by atoms with E-state index in [-0.39, 0.29) is 11.5 Å². The monoisotopic (exact) mass is 600 g/mol. The van der Waals surface area contributed by atoms with Gasteiger partial charge in [-0.1, -0.05) is 0 Å². The van der Waals surface area contributed by atoms with E-state index in [4.69, 9.17) is 9.47 Å². The van der Waals surface area contributed by atoms with Gasteiger partial charge in [-0.15, -0.1) is 0 Å². The number of hydrogen-bond donors (Lipinski definition) is 1. The number of thioether (sulfide) groups is 1. The topological polar surface area (TPSA) is 111 Å². The van der Waals surface area contributed by atoms with Crippen molar-refractivity contribution in [3.63, 3.8) is 0 Å². The molecule has 0 unspecified atom stereocenters. The van der Waals surface area contributed by atoms with Crippen LogP contribution in [-0.2, 0) is 19.1 Å². The fourth-order valence-electron chi connectivity index (χ4n) is 2.82. The number of hydrogen-bond acceptors (Lipinski definition) is 8. The molecule has 0 radical (unpaired) electrons. The van der Waals surface area contributed by atoms with Crippen LogP contribution >= 0.6 is 34.4 Å². The molecular formula is C22H18FIN2O7S. The maximum absolute atomic E-state index is 13.0. The fraction of sp³-hybridized carbons (Fsp3) is 0.182. The second-order valence-electron chi connectivity index (χ2n) is 6.72. The number of methoxy groups -OCH3 is 2. The van der Waals surface area contributed by atoms with E-state index in [1.165, 1.54) is 44.6 Å². The number of nitrogens with zero attached hydrogens (tertiary/aromatic N) is 1. The Balaban J connectivity index is 1.73. The number of carbonyl (C=O) groups excluding carboxylic acids is 4. The summed E-state index contributed by atoms with van der Waals surface area (Å²) in [6.45, 7) is -0.790. The molecule has 1 aliphatic heterocycles. The number of carbonyl (C=O) groups is 4. The molecule has 0 spiro atoms. The summed E-state index contributed by atoms with van der Waals surface area (Å²) in [6.07, 6.45) is 1.50. The van der Waals surface area contributed by atoms with Gasteiger partial charge in [0.1, 0.15) is 12.4 Å². The number of nitrogens with one attached hydrogen (secondary N) is 1. The lowest BCUT2D eigenvalue weighted by Gasteiger charge is -2.13. The van der Waals surface area contributed by atoms with Crippen LogP contribution in [0.15, 0.2) is 41.3 Å². The zero-order valence-corrected chi connectivity index (χ0v) is 20.9. The lowest BCUT2D eigenvalue weighted by molar-refractivity contribution is -0.143. The van der Waals surface area contributed by atoms with Gasteiger partial charge in [0.2, 0.25) is 5.91 Å². The molecule has 9 nitrogen and oxygen atoms in total. The number of imide groups is 1. The van der Waals surface area contributed by atoms with Gasteiger partial charge in [-0.3, -0.25) is 19.3 Å². The van der Waals surface area contributed by atoms with Gasteiger partial charge in [-0.05, 0) is 82.4 Å². The van der Waals surface area contributed by atoms with Crippen LogP contribution in [0, 0.1) is 9.39 Å². The molecule has 1 saturated heterocycles. The van der Waals surface area contributed by atoms with Gasteiger partial charge < -0.3 is 19.5 Å². The predicted octanol–water partition coefficient (Wildman–Crippen LogP) is 3.67. The molecule has 3 rings (SSSR count). The summed E-state index contributed by atoms with van der Waals surface area (Å²) in [5.41, 5.74) is 0.887.